The quantitative estimate of drug-likeness (QED) is 0.657. The molecule has 0 aromatic rings. The summed E-state index contributed by atoms with van der Waals surface area (Å²) in [5.41, 5.74) is 0. The lowest BCUT2D eigenvalue weighted by Crippen LogP contribution is -2.49. The van der Waals surface area contributed by atoms with Gasteiger partial charge in [-0.3, -0.25) is 4.79 Å². The van der Waals surface area contributed by atoms with E-state index in [0.717, 1.165) is 19.4 Å². The van der Waals surface area contributed by atoms with Crippen LogP contribution in [0.1, 0.15) is 26.7 Å². The van der Waals surface area contributed by atoms with Gasteiger partial charge in [-0.15, -0.1) is 0 Å². The summed E-state index contributed by atoms with van der Waals surface area (Å²) in [6.45, 7) is 5.25. The zero-order chi connectivity index (χ0) is 9.84. The highest BCUT2D eigenvalue weighted by atomic mass is 16.5. The molecule has 3 heteroatoms. The number of esters is 1. The van der Waals surface area contributed by atoms with Crippen LogP contribution in [0.4, 0.5) is 0 Å². The number of methoxy groups -OCH3 is 1. The third-order valence-corrected chi connectivity index (χ3v) is 2.82. The Morgan fingerprint density at radius 1 is 1.54 bits per heavy atom. The maximum Gasteiger partial charge on any atom is 0.323 e. The molecule has 0 bridgehead atoms. The molecule has 13 heavy (non-hydrogen) atoms. The van der Waals surface area contributed by atoms with Crippen LogP contribution in [-0.4, -0.2) is 25.7 Å². The minimum absolute atomic E-state index is 0.0845. The summed E-state index contributed by atoms with van der Waals surface area (Å²) >= 11 is 0. The second-order valence-corrected chi connectivity index (χ2v) is 4.01. The highest BCUT2D eigenvalue weighted by Gasteiger charge is 2.32. The Morgan fingerprint density at radius 3 is 2.77 bits per heavy atom. The van der Waals surface area contributed by atoms with Gasteiger partial charge in [-0.05, 0) is 31.2 Å². The van der Waals surface area contributed by atoms with Crippen molar-refractivity contribution in [2.45, 2.75) is 32.7 Å². The smallest absolute Gasteiger partial charge is 0.323 e. The summed E-state index contributed by atoms with van der Waals surface area (Å²) in [6, 6.07) is -0.0845. The van der Waals surface area contributed by atoms with Gasteiger partial charge < -0.3 is 10.1 Å². The molecule has 0 amide bonds. The molecule has 1 heterocycles. The summed E-state index contributed by atoms with van der Waals surface area (Å²) < 4.78 is 4.77. The summed E-state index contributed by atoms with van der Waals surface area (Å²) in [4.78, 5) is 11.4. The first kappa shape index (κ1) is 10.5. The topological polar surface area (TPSA) is 38.3 Å². The molecular weight excluding hydrogens is 166 g/mol. The molecule has 0 radical (unpaired) electrons. The van der Waals surface area contributed by atoms with E-state index in [9.17, 15) is 4.79 Å². The normalized spacial score (nSPS) is 28.9. The zero-order valence-electron chi connectivity index (χ0n) is 8.67. The fourth-order valence-corrected chi connectivity index (χ4v) is 2.02. The number of hydrogen-bond acceptors (Lipinski definition) is 3. The van der Waals surface area contributed by atoms with Gasteiger partial charge in [0.25, 0.3) is 0 Å². The van der Waals surface area contributed by atoms with Crippen molar-refractivity contribution in [2.75, 3.05) is 13.7 Å². The van der Waals surface area contributed by atoms with E-state index in [2.05, 4.69) is 19.2 Å². The van der Waals surface area contributed by atoms with Gasteiger partial charge in [-0.25, -0.2) is 0 Å². The zero-order valence-corrected chi connectivity index (χ0v) is 8.67. The average molecular weight is 185 g/mol. The van der Waals surface area contributed by atoms with Gasteiger partial charge in [0.2, 0.25) is 0 Å². The molecular formula is C10H19NO2. The second-order valence-electron chi connectivity index (χ2n) is 4.01. The van der Waals surface area contributed by atoms with Crippen molar-refractivity contribution in [2.24, 2.45) is 11.8 Å². The number of carbonyl (C=O) groups excluding carboxylic acids is 1. The molecule has 1 rings (SSSR count). The van der Waals surface area contributed by atoms with Crippen LogP contribution in [0.25, 0.3) is 0 Å². The molecule has 1 fully saturated rings. The monoisotopic (exact) mass is 185 g/mol. The number of nitrogens with one attached hydrogen (secondary N) is 1. The summed E-state index contributed by atoms with van der Waals surface area (Å²) in [5.74, 6) is 0.858. The summed E-state index contributed by atoms with van der Waals surface area (Å²) in [7, 11) is 1.45. The molecule has 0 saturated carbocycles. The highest BCUT2D eigenvalue weighted by Crippen LogP contribution is 2.24. The molecule has 1 N–H and O–H groups in total. The van der Waals surface area contributed by atoms with Gasteiger partial charge in [-0.1, -0.05) is 13.8 Å². The maximum atomic E-state index is 11.4. The van der Waals surface area contributed by atoms with Crippen LogP contribution in [-0.2, 0) is 9.53 Å². The highest BCUT2D eigenvalue weighted by molar-refractivity contribution is 5.76. The van der Waals surface area contributed by atoms with E-state index in [0.29, 0.717) is 11.8 Å². The van der Waals surface area contributed by atoms with Crippen molar-refractivity contribution in [3.63, 3.8) is 0 Å². The van der Waals surface area contributed by atoms with Crippen LogP contribution in [0, 0.1) is 11.8 Å². The van der Waals surface area contributed by atoms with Crippen LogP contribution in [0.2, 0.25) is 0 Å². The first-order valence-corrected chi connectivity index (χ1v) is 4.98. The average Bonchev–Trinajstić information content (AvgIpc) is 2.16. The van der Waals surface area contributed by atoms with Crippen LogP contribution >= 0.6 is 0 Å². The molecule has 0 aromatic heterocycles. The summed E-state index contributed by atoms with van der Waals surface area (Å²) in [5, 5.41) is 3.23. The van der Waals surface area contributed by atoms with Gasteiger partial charge in [-0.2, -0.15) is 0 Å². The van der Waals surface area contributed by atoms with Crippen LogP contribution in [0.3, 0.4) is 0 Å². The lowest BCUT2D eigenvalue weighted by atomic mass is 9.82. The Morgan fingerprint density at radius 2 is 2.23 bits per heavy atom. The molecule has 0 aliphatic carbocycles. The molecule has 1 aliphatic heterocycles. The van der Waals surface area contributed by atoms with Crippen LogP contribution < -0.4 is 5.32 Å². The Hall–Kier alpha value is -0.570. The lowest BCUT2D eigenvalue weighted by Gasteiger charge is -2.33. The van der Waals surface area contributed by atoms with Crippen LogP contribution in [0.5, 0.6) is 0 Å². The van der Waals surface area contributed by atoms with Gasteiger partial charge in [0.15, 0.2) is 0 Å². The predicted octanol–water partition coefficient (Wildman–Crippen LogP) is 1.18. The Kier molecular flexibility index (Phi) is 3.72. The van der Waals surface area contributed by atoms with E-state index in [1.807, 2.05) is 0 Å². The molecule has 76 valence electrons. The number of carbonyl (C=O) groups is 1. The van der Waals surface area contributed by atoms with E-state index >= 15 is 0 Å². The number of hydrogen-bond donors (Lipinski definition) is 1. The lowest BCUT2D eigenvalue weighted by molar-refractivity contribution is -0.145. The molecule has 1 saturated heterocycles. The molecule has 0 aromatic carbocycles. The van der Waals surface area contributed by atoms with Gasteiger partial charge in [0.05, 0.1) is 7.11 Å². The van der Waals surface area contributed by atoms with E-state index in [1.54, 1.807) is 0 Å². The van der Waals surface area contributed by atoms with Gasteiger partial charge >= 0.3 is 5.97 Å². The maximum absolute atomic E-state index is 11.4. The van der Waals surface area contributed by atoms with E-state index in [1.165, 1.54) is 7.11 Å². The third kappa shape index (κ3) is 2.44. The van der Waals surface area contributed by atoms with E-state index in [4.69, 9.17) is 4.74 Å². The van der Waals surface area contributed by atoms with Crippen molar-refractivity contribution in [3.8, 4) is 0 Å². The third-order valence-electron chi connectivity index (χ3n) is 2.82. The molecule has 2 unspecified atom stereocenters. The minimum Gasteiger partial charge on any atom is -0.468 e. The Bertz CT molecular complexity index is 180. The fraction of sp³-hybridized carbons (Fsp3) is 0.900. The van der Waals surface area contributed by atoms with E-state index < -0.39 is 0 Å². The van der Waals surface area contributed by atoms with Crippen molar-refractivity contribution in [1.29, 1.82) is 0 Å². The number of piperidine rings is 1. The Labute approximate surface area is 79.8 Å². The summed E-state index contributed by atoms with van der Waals surface area (Å²) in [6.07, 6.45) is 2.29. The number of rotatable bonds is 2. The van der Waals surface area contributed by atoms with Crippen molar-refractivity contribution < 1.29 is 9.53 Å². The first-order valence-electron chi connectivity index (χ1n) is 4.98. The van der Waals surface area contributed by atoms with Gasteiger partial charge in [0.1, 0.15) is 6.04 Å². The minimum atomic E-state index is -0.113. The predicted molar refractivity (Wildman–Crippen MR) is 51.4 cm³/mol. The molecule has 0 spiro atoms. The standard InChI is InChI=1S/C10H19NO2/c1-7(2)8-5-4-6-11-9(8)10(12)13-3/h7-9,11H,4-6H2,1-3H3. The van der Waals surface area contributed by atoms with Crippen molar-refractivity contribution in [3.05, 3.63) is 0 Å². The van der Waals surface area contributed by atoms with Crippen molar-refractivity contribution in [1.82, 2.24) is 5.32 Å². The van der Waals surface area contributed by atoms with Gasteiger partial charge in [0, 0.05) is 0 Å². The molecule has 1 aliphatic rings. The fourth-order valence-electron chi connectivity index (χ4n) is 2.02. The molecule has 2 atom stereocenters. The first-order chi connectivity index (χ1) is 6.16. The van der Waals surface area contributed by atoms with Crippen molar-refractivity contribution >= 4 is 5.97 Å². The SMILES string of the molecule is COC(=O)C1NCCCC1C(C)C. The largest absolute Gasteiger partial charge is 0.468 e. The second kappa shape index (κ2) is 4.61. The number of ether oxygens (including phenoxy) is 1. The van der Waals surface area contributed by atoms with E-state index in [-0.39, 0.29) is 12.0 Å². The molecule has 3 nitrogen and oxygen atoms in total. The van der Waals surface area contributed by atoms with Crippen LogP contribution in [0.15, 0.2) is 0 Å². The Balaban J connectivity index is 2.61.